The molecule has 4 rings (SSSR count). The normalized spacial score (nSPS) is 19.6. The molecular formula is C26H28FNO5. The Morgan fingerprint density at radius 2 is 2.03 bits per heavy atom. The first-order valence-electron chi connectivity index (χ1n) is 11.3. The maximum absolute atomic E-state index is 14.8. The summed E-state index contributed by atoms with van der Waals surface area (Å²) in [5.41, 5.74) is 1.39. The fourth-order valence-corrected chi connectivity index (χ4v) is 4.35. The van der Waals surface area contributed by atoms with Crippen molar-refractivity contribution in [3.8, 4) is 5.75 Å². The summed E-state index contributed by atoms with van der Waals surface area (Å²) < 4.78 is 26.0. The molecule has 6 nitrogen and oxygen atoms in total. The van der Waals surface area contributed by atoms with Crippen LogP contribution in [0.3, 0.4) is 0 Å². The first kappa shape index (κ1) is 23.0. The third-order valence-corrected chi connectivity index (χ3v) is 5.92. The number of ketones is 1. The number of benzene rings is 2. The van der Waals surface area contributed by atoms with E-state index in [0.29, 0.717) is 25.2 Å². The van der Waals surface area contributed by atoms with E-state index < -0.39 is 23.5 Å². The Kier molecular flexibility index (Phi) is 6.79. The molecule has 174 valence electrons. The number of amides is 1. The Balaban J connectivity index is 1.75. The number of aliphatic hydroxyl groups is 1. The van der Waals surface area contributed by atoms with Gasteiger partial charge in [-0.25, -0.2) is 4.39 Å². The number of aryl methyl sites for hydroxylation is 1. The zero-order valence-electron chi connectivity index (χ0n) is 18.8. The molecule has 0 saturated carbocycles. The van der Waals surface area contributed by atoms with Crippen LogP contribution in [0.15, 0.2) is 48.0 Å². The van der Waals surface area contributed by atoms with Gasteiger partial charge in [-0.3, -0.25) is 9.59 Å². The van der Waals surface area contributed by atoms with Gasteiger partial charge in [0.1, 0.15) is 17.3 Å². The first-order valence-corrected chi connectivity index (χ1v) is 11.3. The number of halogens is 1. The van der Waals surface area contributed by atoms with Crippen LogP contribution in [0, 0.1) is 5.82 Å². The van der Waals surface area contributed by atoms with Gasteiger partial charge in [-0.1, -0.05) is 18.2 Å². The van der Waals surface area contributed by atoms with Crippen LogP contribution >= 0.6 is 0 Å². The Bertz CT molecular complexity index is 1090. The number of carbonyl (C=O) groups is 2. The molecule has 2 aliphatic heterocycles. The molecule has 2 aromatic carbocycles. The smallest absolute Gasteiger partial charge is 0.295 e. The summed E-state index contributed by atoms with van der Waals surface area (Å²) in [6.07, 6.45) is 2.16. The Labute approximate surface area is 192 Å². The Morgan fingerprint density at radius 1 is 1.24 bits per heavy atom. The predicted octanol–water partition coefficient (Wildman–Crippen LogP) is 4.39. The Hall–Kier alpha value is -3.19. The summed E-state index contributed by atoms with van der Waals surface area (Å²) in [6, 6.07) is 10.2. The monoisotopic (exact) mass is 453 g/mol. The van der Waals surface area contributed by atoms with Gasteiger partial charge >= 0.3 is 0 Å². The molecule has 7 heteroatoms. The number of nitrogens with zero attached hydrogens (tertiary/aromatic N) is 1. The van der Waals surface area contributed by atoms with Gasteiger partial charge in [0.2, 0.25) is 0 Å². The van der Waals surface area contributed by atoms with Crippen LogP contribution in [-0.2, 0) is 20.7 Å². The minimum absolute atomic E-state index is 0.0377. The lowest BCUT2D eigenvalue weighted by Crippen LogP contribution is -2.31. The van der Waals surface area contributed by atoms with Crippen LogP contribution in [0.5, 0.6) is 5.75 Å². The highest BCUT2D eigenvalue weighted by Gasteiger charge is 2.46. The van der Waals surface area contributed by atoms with Gasteiger partial charge in [0.25, 0.3) is 11.7 Å². The van der Waals surface area contributed by atoms with Crippen LogP contribution in [0.4, 0.5) is 4.39 Å². The summed E-state index contributed by atoms with van der Waals surface area (Å²) in [5, 5.41) is 11.2. The van der Waals surface area contributed by atoms with E-state index in [9.17, 15) is 19.1 Å². The van der Waals surface area contributed by atoms with Gasteiger partial charge in [-0.15, -0.1) is 0 Å². The van der Waals surface area contributed by atoms with Crippen LogP contribution in [-0.4, -0.2) is 47.6 Å². The molecule has 1 amide bonds. The first-order chi connectivity index (χ1) is 15.9. The standard InChI is InChI=1S/C26H28FNO5/c1-16(2)32-14-6-12-28-23(19-8-3-4-9-20(19)27)22(25(30)26(28)31)24(29)18-10-11-21-17(15-18)7-5-13-33-21/h3-4,8-11,15-16,23,29H,5-7,12-14H2,1-2H3/b24-22+. The number of hydrogen-bond acceptors (Lipinski definition) is 5. The molecule has 0 bridgehead atoms. The average Bonchev–Trinajstić information content (AvgIpc) is 3.06. The van der Waals surface area contributed by atoms with Crippen molar-refractivity contribution in [2.24, 2.45) is 0 Å². The SMILES string of the molecule is CC(C)OCCCN1C(=O)C(=O)/C(=C(/O)c2ccc3c(c2)CCCO3)C1c1ccccc1F. The highest BCUT2D eigenvalue weighted by atomic mass is 19.1. The number of carbonyl (C=O) groups excluding carboxylic acids is 2. The molecule has 1 fully saturated rings. The summed E-state index contributed by atoms with van der Waals surface area (Å²) in [5.74, 6) is -1.68. The average molecular weight is 454 g/mol. The van der Waals surface area contributed by atoms with Crippen LogP contribution in [0.25, 0.3) is 5.76 Å². The zero-order valence-corrected chi connectivity index (χ0v) is 18.8. The second-order valence-corrected chi connectivity index (χ2v) is 8.56. The van der Waals surface area contributed by atoms with Crippen molar-refractivity contribution in [3.05, 3.63) is 70.5 Å². The predicted molar refractivity (Wildman–Crippen MR) is 121 cm³/mol. The van der Waals surface area contributed by atoms with Crippen molar-refractivity contribution in [1.82, 2.24) is 4.90 Å². The van der Waals surface area contributed by atoms with E-state index in [0.717, 1.165) is 24.2 Å². The van der Waals surface area contributed by atoms with Crippen molar-refractivity contribution in [2.75, 3.05) is 19.8 Å². The second kappa shape index (κ2) is 9.75. The van der Waals surface area contributed by atoms with E-state index in [1.54, 1.807) is 30.3 Å². The van der Waals surface area contributed by atoms with Crippen LogP contribution < -0.4 is 4.74 Å². The molecular weight excluding hydrogens is 425 g/mol. The highest BCUT2D eigenvalue weighted by Crippen LogP contribution is 2.41. The second-order valence-electron chi connectivity index (χ2n) is 8.56. The van der Waals surface area contributed by atoms with Crippen molar-refractivity contribution in [1.29, 1.82) is 0 Å². The van der Waals surface area contributed by atoms with Gasteiger partial charge in [-0.05, 0) is 62.9 Å². The number of ether oxygens (including phenoxy) is 2. The van der Waals surface area contributed by atoms with E-state index in [1.165, 1.54) is 17.0 Å². The summed E-state index contributed by atoms with van der Waals surface area (Å²) >= 11 is 0. The summed E-state index contributed by atoms with van der Waals surface area (Å²) in [7, 11) is 0. The molecule has 33 heavy (non-hydrogen) atoms. The zero-order chi connectivity index (χ0) is 23.5. The molecule has 0 aliphatic carbocycles. The third-order valence-electron chi connectivity index (χ3n) is 5.92. The van der Waals surface area contributed by atoms with Gasteiger partial charge in [0.05, 0.1) is 24.3 Å². The molecule has 2 aliphatic rings. The molecule has 1 unspecified atom stereocenters. The number of fused-ring (bicyclic) bond motifs is 1. The molecule has 0 aromatic heterocycles. The van der Waals surface area contributed by atoms with Crippen molar-refractivity contribution in [3.63, 3.8) is 0 Å². The lowest BCUT2D eigenvalue weighted by Gasteiger charge is -2.26. The van der Waals surface area contributed by atoms with Crippen molar-refractivity contribution < 1.29 is 28.6 Å². The molecule has 1 N–H and O–H groups in total. The van der Waals surface area contributed by atoms with E-state index in [2.05, 4.69) is 0 Å². The number of rotatable bonds is 7. The minimum atomic E-state index is -1.02. The number of hydrogen-bond donors (Lipinski definition) is 1. The topological polar surface area (TPSA) is 76.1 Å². The van der Waals surface area contributed by atoms with Gasteiger partial charge < -0.3 is 19.5 Å². The largest absolute Gasteiger partial charge is 0.507 e. The molecule has 0 radical (unpaired) electrons. The van der Waals surface area contributed by atoms with Crippen molar-refractivity contribution in [2.45, 2.75) is 45.3 Å². The van der Waals surface area contributed by atoms with E-state index in [1.807, 2.05) is 13.8 Å². The third kappa shape index (κ3) is 4.64. The maximum atomic E-state index is 14.8. The number of likely N-dealkylation sites (tertiary alicyclic amines) is 1. The fourth-order valence-electron chi connectivity index (χ4n) is 4.35. The minimum Gasteiger partial charge on any atom is -0.507 e. The lowest BCUT2D eigenvalue weighted by molar-refractivity contribution is -0.140. The summed E-state index contributed by atoms with van der Waals surface area (Å²) in [6.45, 7) is 5.06. The maximum Gasteiger partial charge on any atom is 0.295 e. The molecule has 2 aromatic rings. The van der Waals surface area contributed by atoms with Crippen LogP contribution in [0.2, 0.25) is 0 Å². The molecule has 0 spiro atoms. The van der Waals surface area contributed by atoms with Crippen molar-refractivity contribution >= 4 is 17.4 Å². The van der Waals surface area contributed by atoms with Gasteiger partial charge in [-0.2, -0.15) is 0 Å². The van der Waals surface area contributed by atoms with Gasteiger partial charge in [0, 0.05) is 24.3 Å². The molecule has 2 heterocycles. The quantitative estimate of drug-likeness (QED) is 0.291. The molecule has 1 saturated heterocycles. The van der Waals surface area contributed by atoms with Crippen LogP contribution in [0.1, 0.15) is 49.4 Å². The highest BCUT2D eigenvalue weighted by molar-refractivity contribution is 6.46. The van der Waals surface area contributed by atoms with E-state index >= 15 is 0 Å². The Morgan fingerprint density at radius 3 is 2.79 bits per heavy atom. The van der Waals surface area contributed by atoms with E-state index in [4.69, 9.17) is 9.47 Å². The summed E-state index contributed by atoms with van der Waals surface area (Å²) in [4.78, 5) is 27.4. The molecule has 1 atom stereocenters. The lowest BCUT2D eigenvalue weighted by atomic mass is 9.93. The van der Waals surface area contributed by atoms with E-state index in [-0.39, 0.29) is 29.5 Å². The van der Waals surface area contributed by atoms with Gasteiger partial charge in [0.15, 0.2) is 0 Å². The fraction of sp³-hybridized carbons (Fsp3) is 0.385. The number of Topliss-reactive ketones (excluding diaryl/α,β-unsaturated/α-hetero) is 1. The number of aliphatic hydroxyl groups excluding tert-OH is 1.